The molecule has 0 radical (unpaired) electrons. The zero-order chi connectivity index (χ0) is 12.9. The molecule has 0 saturated heterocycles. The van der Waals surface area contributed by atoms with Gasteiger partial charge in [-0.15, -0.1) is 0 Å². The van der Waals surface area contributed by atoms with Crippen LogP contribution in [0.5, 0.6) is 0 Å². The highest BCUT2D eigenvalue weighted by Gasteiger charge is 2.45. The van der Waals surface area contributed by atoms with Crippen molar-refractivity contribution in [2.45, 2.75) is 50.9 Å². The molecular weight excluding hydrogens is 234 g/mol. The number of thioether (sulfide) groups is 1. The summed E-state index contributed by atoms with van der Waals surface area (Å²) in [6.45, 7) is 6.28. The van der Waals surface area contributed by atoms with E-state index in [2.05, 4.69) is 12.2 Å². The van der Waals surface area contributed by atoms with Crippen LogP contribution < -0.4 is 5.32 Å². The summed E-state index contributed by atoms with van der Waals surface area (Å²) in [5.74, 6) is 0.947. The molecule has 1 saturated carbocycles. The molecule has 2 atom stereocenters. The molecule has 3 nitrogen and oxygen atoms in total. The molecule has 1 fully saturated rings. The van der Waals surface area contributed by atoms with Crippen LogP contribution in [0.1, 0.15) is 40.0 Å². The highest BCUT2D eigenvalue weighted by Crippen LogP contribution is 2.40. The van der Waals surface area contributed by atoms with Gasteiger partial charge in [-0.05, 0) is 31.9 Å². The van der Waals surface area contributed by atoms with Gasteiger partial charge in [-0.25, -0.2) is 0 Å². The summed E-state index contributed by atoms with van der Waals surface area (Å²) in [5, 5.41) is 13.4. The predicted molar refractivity (Wildman–Crippen MR) is 73.2 cm³/mol. The normalized spacial score (nSPS) is 28.7. The fraction of sp³-hybridized carbons (Fsp3) is 0.769. The Morgan fingerprint density at radius 3 is 2.76 bits per heavy atom. The molecule has 0 aromatic rings. The fourth-order valence-corrected chi connectivity index (χ4v) is 3.21. The van der Waals surface area contributed by atoms with Crippen LogP contribution in [0.15, 0.2) is 11.6 Å². The Morgan fingerprint density at radius 2 is 2.29 bits per heavy atom. The standard InChI is InChI=1S/C13H23NO2S/c1-4-6-10(3)12(15)14-9-13(16)8-7-11(13)17-5-2/h6,11,16H,4-5,7-9H2,1-3H3,(H,14,15)/b10-6+/t11-,13-/m1/s1. The molecule has 0 spiro atoms. The Morgan fingerprint density at radius 1 is 1.59 bits per heavy atom. The van der Waals surface area contributed by atoms with Crippen molar-refractivity contribution in [3.05, 3.63) is 11.6 Å². The molecule has 17 heavy (non-hydrogen) atoms. The Bertz CT molecular complexity index is 304. The number of carbonyl (C=O) groups is 1. The summed E-state index contributed by atoms with van der Waals surface area (Å²) in [6, 6.07) is 0. The average Bonchev–Trinajstić information content (AvgIpc) is 2.31. The van der Waals surface area contributed by atoms with Gasteiger partial charge in [0.2, 0.25) is 5.91 Å². The van der Waals surface area contributed by atoms with Crippen LogP contribution in [0, 0.1) is 0 Å². The quantitative estimate of drug-likeness (QED) is 0.717. The van der Waals surface area contributed by atoms with E-state index in [9.17, 15) is 9.90 Å². The van der Waals surface area contributed by atoms with Crippen LogP contribution in [0.25, 0.3) is 0 Å². The summed E-state index contributed by atoms with van der Waals surface area (Å²) in [7, 11) is 0. The van der Waals surface area contributed by atoms with Gasteiger partial charge in [0.15, 0.2) is 0 Å². The van der Waals surface area contributed by atoms with Gasteiger partial charge in [0, 0.05) is 17.4 Å². The Kier molecular flexibility index (Phi) is 5.53. The topological polar surface area (TPSA) is 49.3 Å². The molecular formula is C13H23NO2S. The molecule has 1 rings (SSSR count). The third-order valence-electron chi connectivity index (χ3n) is 3.23. The van der Waals surface area contributed by atoms with Gasteiger partial charge in [0.05, 0.1) is 5.60 Å². The smallest absolute Gasteiger partial charge is 0.246 e. The second-order valence-electron chi connectivity index (χ2n) is 4.56. The first-order valence-corrected chi connectivity index (χ1v) is 7.37. The maximum absolute atomic E-state index is 11.7. The van der Waals surface area contributed by atoms with Crippen LogP contribution in [0.3, 0.4) is 0 Å². The largest absolute Gasteiger partial charge is 0.387 e. The van der Waals surface area contributed by atoms with Crippen molar-refractivity contribution in [2.75, 3.05) is 12.3 Å². The van der Waals surface area contributed by atoms with E-state index in [4.69, 9.17) is 0 Å². The van der Waals surface area contributed by atoms with E-state index >= 15 is 0 Å². The van der Waals surface area contributed by atoms with Crippen molar-refractivity contribution >= 4 is 17.7 Å². The lowest BCUT2D eigenvalue weighted by molar-refractivity contribution is -0.119. The monoisotopic (exact) mass is 257 g/mol. The molecule has 4 heteroatoms. The van der Waals surface area contributed by atoms with E-state index in [1.165, 1.54) is 0 Å². The average molecular weight is 257 g/mol. The second-order valence-corrected chi connectivity index (χ2v) is 6.04. The number of aliphatic hydroxyl groups is 1. The molecule has 1 aliphatic rings. The molecule has 0 aromatic heterocycles. The van der Waals surface area contributed by atoms with E-state index in [0.717, 1.165) is 30.6 Å². The van der Waals surface area contributed by atoms with Gasteiger partial charge in [-0.1, -0.05) is 19.9 Å². The first-order valence-electron chi connectivity index (χ1n) is 6.32. The minimum Gasteiger partial charge on any atom is -0.387 e. The first-order chi connectivity index (χ1) is 8.03. The minimum atomic E-state index is -0.692. The van der Waals surface area contributed by atoms with Crippen LogP contribution in [0.2, 0.25) is 0 Å². The number of hydrogen-bond acceptors (Lipinski definition) is 3. The predicted octanol–water partition coefficient (Wildman–Crippen LogP) is 2.11. The maximum Gasteiger partial charge on any atom is 0.246 e. The molecule has 0 bridgehead atoms. The van der Waals surface area contributed by atoms with Crippen LogP contribution in [-0.2, 0) is 4.79 Å². The minimum absolute atomic E-state index is 0.0626. The molecule has 98 valence electrons. The Labute approximate surface area is 108 Å². The molecule has 0 heterocycles. The van der Waals surface area contributed by atoms with Gasteiger partial charge in [0.1, 0.15) is 0 Å². The summed E-state index contributed by atoms with van der Waals surface area (Å²) in [5.41, 5.74) is 0.0400. The van der Waals surface area contributed by atoms with E-state index in [1.807, 2.05) is 19.9 Å². The summed E-state index contributed by atoms with van der Waals surface area (Å²) < 4.78 is 0. The van der Waals surface area contributed by atoms with Crippen molar-refractivity contribution in [1.82, 2.24) is 5.32 Å². The molecule has 2 N–H and O–H groups in total. The first kappa shape index (κ1) is 14.6. The van der Waals surface area contributed by atoms with E-state index in [1.54, 1.807) is 11.8 Å². The Hall–Kier alpha value is -0.480. The fourth-order valence-electron chi connectivity index (χ4n) is 2.01. The highest BCUT2D eigenvalue weighted by atomic mass is 32.2. The number of hydrogen-bond donors (Lipinski definition) is 2. The van der Waals surface area contributed by atoms with E-state index in [0.29, 0.717) is 6.54 Å². The van der Waals surface area contributed by atoms with Crippen molar-refractivity contribution in [1.29, 1.82) is 0 Å². The summed E-state index contributed by atoms with van der Waals surface area (Å²) in [4.78, 5) is 11.7. The van der Waals surface area contributed by atoms with E-state index < -0.39 is 5.60 Å². The lowest BCUT2D eigenvalue weighted by atomic mass is 9.79. The van der Waals surface area contributed by atoms with Gasteiger partial charge in [0.25, 0.3) is 0 Å². The lowest BCUT2D eigenvalue weighted by Gasteiger charge is -2.45. The molecule has 0 unspecified atom stereocenters. The van der Waals surface area contributed by atoms with Gasteiger partial charge in [-0.3, -0.25) is 4.79 Å². The number of rotatable bonds is 6. The number of nitrogens with one attached hydrogen (secondary N) is 1. The lowest BCUT2D eigenvalue weighted by Crippen LogP contribution is -2.57. The zero-order valence-corrected chi connectivity index (χ0v) is 11.8. The molecule has 0 aliphatic heterocycles. The van der Waals surface area contributed by atoms with Crippen LogP contribution in [0.4, 0.5) is 0 Å². The maximum atomic E-state index is 11.7. The van der Waals surface area contributed by atoms with E-state index in [-0.39, 0.29) is 11.2 Å². The third kappa shape index (κ3) is 3.75. The van der Waals surface area contributed by atoms with Crippen molar-refractivity contribution in [3.8, 4) is 0 Å². The summed E-state index contributed by atoms with van der Waals surface area (Å²) in [6.07, 6.45) is 4.60. The zero-order valence-electron chi connectivity index (χ0n) is 11.0. The SMILES string of the molecule is CC/C=C(\C)C(=O)NC[C@]1(O)CC[C@H]1SCC. The Balaban J connectivity index is 2.40. The van der Waals surface area contributed by atoms with Crippen LogP contribution >= 0.6 is 11.8 Å². The number of carbonyl (C=O) groups excluding carboxylic acids is 1. The molecule has 1 amide bonds. The number of allylic oxidation sites excluding steroid dienone is 1. The number of amides is 1. The third-order valence-corrected chi connectivity index (χ3v) is 4.64. The van der Waals surface area contributed by atoms with Gasteiger partial charge in [-0.2, -0.15) is 11.8 Å². The van der Waals surface area contributed by atoms with Gasteiger partial charge < -0.3 is 10.4 Å². The van der Waals surface area contributed by atoms with Crippen molar-refractivity contribution in [2.24, 2.45) is 0 Å². The second kappa shape index (κ2) is 6.45. The highest BCUT2D eigenvalue weighted by molar-refractivity contribution is 8.00. The summed E-state index contributed by atoms with van der Waals surface area (Å²) >= 11 is 1.78. The van der Waals surface area contributed by atoms with Crippen molar-refractivity contribution < 1.29 is 9.90 Å². The van der Waals surface area contributed by atoms with Crippen LogP contribution in [-0.4, -0.2) is 34.2 Å². The van der Waals surface area contributed by atoms with Crippen molar-refractivity contribution in [3.63, 3.8) is 0 Å². The molecule has 0 aromatic carbocycles. The van der Waals surface area contributed by atoms with Gasteiger partial charge >= 0.3 is 0 Å². The molecule has 1 aliphatic carbocycles.